The van der Waals surface area contributed by atoms with E-state index in [1.165, 1.54) is 0 Å². The van der Waals surface area contributed by atoms with Gasteiger partial charge in [0.15, 0.2) is 0 Å². The molecule has 11 nitrogen and oxygen atoms in total. The summed E-state index contributed by atoms with van der Waals surface area (Å²) in [7, 11) is -4.94. The molecule has 0 aliphatic carbocycles. The fraction of sp³-hybridized carbons (Fsp3) is 0.875. The van der Waals surface area contributed by atoms with E-state index in [2.05, 4.69) is 54.0 Å². The van der Waals surface area contributed by atoms with Crippen LogP contribution in [0.25, 0.3) is 0 Å². The molecule has 0 aliphatic heterocycles. The van der Waals surface area contributed by atoms with Crippen molar-refractivity contribution in [2.24, 2.45) is 10.3 Å². The zero-order valence-corrected chi connectivity index (χ0v) is 19.5. The molecule has 0 fully saturated rings. The van der Waals surface area contributed by atoms with Crippen LogP contribution < -0.4 is 34.6 Å². The van der Waals surface area contributed by atoms with Crippen LogP contribution in [0.5, 0.6) is 0 Å². The van der Waals surface area contributed by atoms with E-state index in [1.54, 1.807) is 6.92 Å². The Morgan fingerprint density at radius 1 is 0.828 bits per heavy atom. The van der Waals surface area contributed by atoms with Crippen LogP contribution in [0.3, 0.4) is 0 Å². The van der Waals surface area contributed by atoms with E-state index in [4.69, 9.17) is 23.8 Å². The fourth-order valence-corrected chi connectivity index (χ4v) is 2.58. The Kier molecular flexibility index (Phi) is 18.5. The van der Waals surface area contributed by atoms with Crippen molar-refractivity contribution in [3.05, 3.63) is 5.21 Å². The van der Waals surface area contributed by atoms with Crippen molar-refractivity contribution in [2.75, 3.05) is 26.2 Å². The SMILES string of the molecule is C/C(CC(C)(C)NCCNCCNC(C)(C)C/C(C)=N/O)=N\[O-].[Cu+2].[O-][Cl+3]([O-])([O-])[O-]. The average molecular weight is 491 g/mol. The van der Waals surface area contributed by atoms with Gasteiger partial charge in [0.1, 0.15) is 0 Å². The Morgan fingerprint density at radius 2 is 1.17 bits per heavy atom. The van der Waals surface area contributed by atoms with Crippen LogP contribution in [-0.2, 0) is 17.1 Å². The van der Waals surface area contributed by atoms with Gasteiger partial charge in [-0.3, -0.25) is 0 Å². The maximum absolute atomic E-state index is 10.4. The van der Waals surface area contributed by atoms with E-state index in [0.717, 1.165) is 31.9 Å². The van der Waals surface area contributed by atoms with Crippen molar-refractivity contribution in [1.29, 1.82) is 0 Å². The van der Waals surface area contributed by atoms with Gasteiger partial charge in [0, 0.05) is 55.8 Å². The van der Waals surface area contributed by atoms with Crippen LogP contribution in [0.15, 0.2) is 10.3 Å². The fourth-order valence-electron chi connectivity index (χ4n) is 2.58. The largest absolute Gasteiger partial charge is 2.00 e. The zero-order valence-electron chi connectivity index (χ0n) is 17.8. The number of nitrogens with zero attached hydrogens (tertiary/aromatic N) is 2. The van der Waals surface area contributed by atoms with Gasteiger partial charge in [-0.05, 0) is 41.5 Å². The van der Waals surface area contributed by atoms with Crippen LogP contribution in [0.1, 0.15) is 54.4 Å². The molecule has 13 heteroatoms. The molecule has 0 atom stereocenters. The van der Waals surface area contributed by atoms with Crippen molar-refractivity contribution in [3.8, 4) is 0 Å². The molecule has 177 valence electrons. The summed E-state index contributed by atoms with van der Waals surface area (Å²) >= 11 is 0. The standard InChI is InChI=1S/C16H35N5O2.ClHO4.Cu/c1-13(20-22)11-15(3,4)18-9-7-17-8-10-19-16(5,6)12-14(2)21-23;2-1(3,4)5;/h17-19,22-23H,7-12H2,1-6H3;(H,2,3,4,5);/q;;+2/p-2/b20-13+,21-14+;;. The third kappa shape index (κ3) is 27.5. The van der Waals surface area contributed by atoms with E-state index in [-0.39, 0.29) is 28.1 Å². The van der Waals surface area contributed by atoms with Crippen molar-refractivity contribution in [3.63, 3.8) is 0 Å². The molecule has 0 heterocycles. The minimum Gasteiger partial charge on any atom is -0.792 e. The van der Waals surface area contributed by atoms with Crippen LogP contribution in [0.2, 0.25) is 0 Å². The molecule has 0 bridgehead atoms. The molecular weight excluding hydrogens is 457 g/mol. The molecule has 0 aromatic carbocycles. The first-order chi connectivity index (χ1) is 12.6. The Labute approximate surface area is 185 Å². The second-order valence-corrected chi connectivity index (χ2v) is 8.52. The molecule has 0 saturated heterocycles. The summed E-state index contributed by atoms with van der Waals surface area (Å²) in [5, 5.41) is 35.6. The van der Waals surface area contributed by atoms with Crippen molar-refractivity contribution < 1.29 is 51.2 Å². The number of halogens is 1. The van der Waals surface area contributed by atoms with E-state index in [1.807, 2.05) is 6.92 Å². The van der Waals surface area contributed by atoms with E-state index >= 15 is 0 Å². The predicted molar refractivity (Wildman–Crippen MR) is 97.6 cm³/mol. The van der Waals surface area contributed by atoms with Gasteiger partial charge in [0.05, 0.1) is 5.71 Å². The number of hydrogen-bond donors (Lipinski definition) is 4. The second kappa shape index (κ2) is 16.2. The van der Waals surface area contributed by atoms with E-state index in [0.29, 0.717) is 18.6 Å². The van der Waals surface area contributed by atoms with Gasteiger partial charge in [-0.15, -0.1) is 10.2 Å². The smallest absolute Gasteiger partial charge is 0.792 e. The van der Waals surface area contributed by atoms with Gasteiger partial charge in [-0.1, -0.05) is 5.16 Å². The Balaban J connectivity index is -0.000000997. The van der Waals surface area contributed by atoms with Crippen molar-refractivity contribution in [2.45, 2.75) is 65.5 Å². The van der Waals surface area contributed by atoms with Crippen LogP contribution in [0.4, 0.5) is 0 Å². The van der Waals surface area contributed by atoms with Crippen LogP contribution in [0, 0.1) is 15.5 Å². The quantitative estimate of drug-likeness (QED) is 0.0730. The summed E-state index contributed by atoms with van der Waals surface area (Å²) < 4.78 is 34.0. The molecule has 0 unspecified atom stereocenters. The maximum atomic E-state index is 10.4. The number of nitrogens with one attached hydrogen (secondary N) is 3. The van der Waals surface area contributed by atoms with Crippen LogP contribution in [-0.4, -0.2) is 53.9 Å². The van der Waals surface area contributed by atoms with Crippen LogP contribution >= 0.6 is 0 Å². The molecule has 0 spiro atoms. The predicted octanol–water partition coefficient (Wildman–Crippen LogP) is -2.86. The topological polar surface area (TPSA) is 196 Å². The van der Waals surface area contributed by atoms with Gasteiger partial charge in [-0.2, -0.15) is 0 Å². The molecule has 0 aromatic heterocycles. The number of oxime groups is 1. The molecule has 1 radical (unpaired) electrons. The molecule has 0 aliphatic rings. The van der Waals surface area contributed by atoms with Gasteiger partial charge in [0.2, 0.25) is 0 Å². The third-order valence-corrected chi connectivity index (χ3v) is 3.53. The summed E-state index contributed by atoms with van der Waals surface area (Å²) in [4.78, 5) is 0. The van der Waals surface area contributed by atoms with Gasteiger partial charge < -0.3 is 31.5 Å². The Hall–Kier alpha value is -0.531. The molecule has 0 amide bonds. The second-order valence-electron chi connectivity index (χ2n) is 7.76. The number of hydrogen-bond acceptors (Lipinski definition) is 11. The average Bonchev–Trinajstić information content (AvgIpc) is 2.51. The number of rotatable bonds is 12. The minimum absolute atomic E-state index is 0. The van der Waals surface area contributed by atoms with E-state index in [9.17, 15) is 5.21 Å². The summed E-state index contributed by atoms with van der Waals surface area (Å²) in [5.74, 6) is 0. The molecule has 29 heavy (non-hydrogen) atoms. The van der Waals surface area contributed by atoms with Crippen molar-refractivity contribution >= 4 is 11.4 Å². The normalized spacial score (nSPS) is 13.4. The first-order valence-electron chi connectivity index (χ1n) is 8.78. The monoisotopic (exact) mass is 490 g/mol. The molecular formula is C16H34ClCuN5O6. The van der Waals surface area contributed by atoms with Gasteiger partial charge >= 0.3 is 17.1 Å². The third-order valence-electron chi connectivity index (χ3n) is 3.53. The summed E-state index contributed by atoms with van der Waals surface area (Å²) in [5.41, 5.74) is 1.12. The van der Waals surface area contributed by atoms with E-state index < -0.39 is 10.2 Å². The Morgan fingerprint density at radius 3 is 1.48 bits per heavy atom. The zero-order chi connectivity index (χ0) is 22.4. The molecule has 0 aromatic rings. The molecule has 0 saturated carbocycles. The maximum Gasteiger partial charge on any atom is 2.00 e. The van der Waals surface area contributed by atoms with Gasteiger partial charge in [-0.25, -0.2) is 18.6 Å². The molecule has 0 rings (SSSR count). The summed E-state index contributed by atoms with van der Waals surface area (Å²) in [6.07, 6.45) is 1.36. The Bertz CT molecular complexity index is 445. The van der Waals surface area contributed by atoms with Crippen molar-refractivity contribution in [1.82, 2.24) is 16.0 Å². The summed E-state index contributed by atoms with van der Waals surface area (Å²) in [6, 6.07) is 0. The minimum atomic E-state index is -4.94. The first-order valence-corrected chi connectivity index (χ1v) is 10.0. The molecule has 4 N–H and O–H groups in total. The first kappa shape index (κ1) is 33.1. The summed E-state index contributed by atoms with van der Waals surface area (Å²) in [6.45, 7) is 15.3. The van der Waals surface area contributed by atoms with Gasteiger partial charge in [0.25, 0.3) is 0 Å².